The van der Waals surface area contributed by atoms with Gasteiger partial charge in [-0.3, -0.25) is 9.59 Å². The van der Waals surface area contributed by atoms with Crippen molar-refractivity contribution >= 4 is 11.8 Å². The van der Waals surface area contributed by atoms with Crippen molar-refractivity contribution in [2.75, 3.05) is 7.05 Å². The predicted molar refractivity (Wildman–Crippen MR) is 110 cm³/mol. The van der Waals surface area contributed by atoms with Gasteiger partial charge in [0.15, 0.2) is 5.76 Å². The van der Waals surface area contributed by atoms with Crippen molar-refractivity contribution < 1.29 is 24.0 Å². The standard InChI is InChI=1S/C22H23N3O5/c1-22(20(23)27,21(28)24-2)29-13-14-3-5-15(6-4-14)16-7-9-17(10-8-16)19-11-18(12-26)25-30-19/h3-11,26H,12-13H2,1-2H3,(H2,23,27)(H,24,28). The van der Waals surface area contributed by atoms with E-state index in [1.807, 2.05) is 48.5 Å². The van der Waals surface area contributed by atoms with Crippen molar-refractivity contribution in [1.29, 1.82) is 0 Å². The number of carbonyl (C=O) groups excluding carboxylic acids is 2. The van der Waals surface area contributed by atoms with Crippen LogP contribution in [-0.4, -0.2) is 34.7 Å². The van der Waals surface area contributed by atoms with E-state index < -0.39 is 17.4 Å². The molecule has 0 radical (unpaired) electrons. The number of likely N-dealkylation sites (N-methyl/N-ethyl adjacent to an activating group) is 1. The minimum atomic E-state index is -1.74. The Morgan fingerprint density at radius 3 is 2.17 bits per heavy atom. The molecular formula is C22H23N3O5. The minimum Gasteiger partial charge on any atom is -0.390 e. The van der Waals surface area contributed by atoms with Crippen LogP contribution >= 0.6 is 0 Å². The summed E-state index contributed by atoms with van der Waals surface area (Å²) in [5, 5.41) is 15.2. The Balaban J connectivity index is 1.69. The van der Waals surface area contributed by atoms with Gasteiger partial charge >= 0.3 is 0 Å². The minimum absolute atomic E-state index is 0.0603. The van der Waals surface area contributed by atoms with Crippen molar-refractivity contribution in [3.63, 3.8) is 0 Å². The number of primary amides is 1. The molecule has 0 bridgehead atoms. The summed E-state index contributed by atoms with van der Waals surface area (Å²) in [4.78, 5) is 23.6. The number of nitrogens with one attached hydrogen (secondary N) is 1. The molecule has 0 saturated heterocycles. The maximum Gasteiger partial charge on any atom is 0.261 e. The smallest absolute Gasteiger partial charge is 0.261 e. The highest BCUT2D eigenvalue weighted by Gasteiger charge is 2.40. The number of ether oxygens (including phenoxy) is 1. The summed E-state index contributed by atoms with van der Waals surface area (Å²) in [6, 6.07) is 17.0. The van der Waals surface area contributed by atoms with Crippen LogP contribution in [0.3, 0.4) is 0 Å². The molecule has 156 valence electrons. The number of aromatic nitrogens is 1. The fraction of sp³-hybridized carbons (Fsp3) is 0.227. The fourth-order valence-electron chi connectivity index (χ4n) is 2.86. The number of rotatable bonds is 8. The monoisotopic (exact) mass is 409 g/mol. The molecule has 30 heavy (non-hydrogen) atoms. The van der Waals surface area contributed by atoms with Crippen LogP contribution in [0.5, 0.6) is 0 Å². The number of hydrogen-bond acceptors (Lipinski definition) is 6. The summed E-state index contributed by atoms with van der Waals surface area (Å²) >= 11 is 0. The summed E-state index contributed by atoms with van der Waals surface area (Å²) in [5.41, 5.74) is 7.72. The van der Waals surface area contributed by atoms with Crippen LogP contribution < -0.4 is 11.1 Å². The van der Waals surface area contributed by atoms with Gasteiger partial charge in [0, 0.05) is 18.7 Å². The van der Waals surface area contributed by atoms with Gasteiger partial charge in [0.25, 0.3) is 11.8 Å². The molecule has 3 rings (SSSR count). The first-order chi connectivity index (χ1) is 14.4. The summed E-state index contributed by atoms with van der Waals surface area (Å²) in [6.07, 6.45) is 0. The number of benzene rings is 2. The Bertz CT molecular complexity index is 1030. The van der Waals surface area contributed by atoms with Crippen LogP contribution in [-0.2, 0) is 27.5 Å². The average molecular weight is 409 g/mol. The zero-order valence-corrected chi connectivity index (χ0v) is 16.7. The van der Waals surface area contributed by atoms with E-state index in [0.717, 1.165) is 22.3 Å². The summed E-state index contributed by atoms with van der Waals surface area (Å²) in [5.74, 6) is -0.854. The zero-order valence-electron chi connectivity index (χ0n) is 16.7. The number of nitrogens with two attached hydrogens (primary N) is 1. The Morgan fingerprint density at radius 2 is 1.67 bits per heavy atom. The first kappa shape index (κ1) is 21.2. The predicted octanol–water partition coefficient (Wildman–Crippen LogP) is 2.01. The van der Waals surface area contributed by atoms with Crippen LogP contribution in [0.2, 0.25) is 0 Å². The second kappa shape index (κ2) is 8.89. The van der Waals surface area contributed by atoms with Crippen LogP contribution in [0.1, 0.15) is 18.2 Å². The van der Waals surface area contributed by atoms with Crippen LogP contribution in [0.15, 0.2) is 59.1 Å². The summed E-state index contributed by atoms with van der Waals surface area (Å²) in [6.45, 7) is 1.24. The molecule has 2 aromatic carbocycles. The molecule has 0 spiro atoms. The first-order valence-electron chi connectivity index (χ1n) is 9.29. The van der Waals surface area contributed by atoms with E-state index in [1.165, 1.54) is 14.0 Å². The second-order valence-electron chi connectivity index (χ2n) is 6.88. The van der Waals surface area contributed by atoms with E-state index >= 15 is 0 Å². The fourth-order valence-corrected chi connectivity index (χ4v) is 2.86. The van der Waals surface area contributed by atoms with Crippen LogP contribution in [0.4, 0.5) is 0 Å². The van der Waals surface area contributed by atoms with Crippen molar-refractivity contribution in [3.05, 3.63) is 65.9 Å². The van der Waals surface area contributed by atoms with Gasteiger partial charge in [-0.15, -0.1) is 0 Å². The third-order valence-electron chi connectivity index (χ3n) is 4.84. The lowest BCUT2D eigenvalue weighted by Gasteiger charge is -2.24. The third-order valence-corrected chi connectivity index (χ3v) is 4.84. The molecule has 4 N–H and O–H groups in total. The largest absolute Gasteiger partial charge is 0.390 e. The molecule has 3 aromatic rings. The molecule has 2 amide bonds. The maximum atomic E-state index is 11.9. The zero-order chi connectivity index (χ0) is 21.7. The average Bonchev–Trinajstić information content (AvgIpc) is 3.26. The number of aliphatic hydroxyl groups is 1. The lowest BCUT2D eigenvalue weighted by atomic mass is 10.0. The highest BCUT2D eigenvalue weighted by atomic mass is 16.5. The molecule has 1 aromatic heterocycles. The topological polar surface area (TPSA) is 128 Å². The van der Waals surface area contributed by atoms with Gasteiger partial charge in [0.2, 0.25) is 5.60 Å². The highest BCUT2D eigenvalue weighted by Crippen LogP contribution is 2.26. The molecule has 8 heteroatoms. The van der Waals surface area contributed by atoms with Gasteiger partial charge in [-0.25, -0.2) is 0 Å². The number of amides is 2. The maximum absolute atomic E-state index is 11.9. The van der Waals surface area contributed by atoms with Gasteiger partial charge in [0.1, 0.15) is 5.69 Å². The molecule has 0 fully saturated rings. The quantitative estimate of drug-likeness (QED) is 0.488. The van der Waals surface area contributed by atoms with Crippen molar-refractivity contribution in [3.8, 4) is 22.5 Å². The van der Waals surface area contributed by atoms with E-state index in [9.17, 15) is 9.59 Å². The molecular weight excluding hydrogens is 386 g/mol. The molecule has 0 aliphatic heterocycles. The molecule has 0 aliphatic carbocycles. The highest BCUT2D eigenvalue weighted by molar-refractivity contribution is 6.07. The molecule has 1 atom stereocenters. The van der Waals surface area contributed by atoms with E-state index in [0.29, 0.717) is 11.5 Å². The molecule has 1 heterocycles. The first-order valence-corrected chi connectivity index (χ1v) is 9.29. The molecule has 0 saturated carbocycles. The van der Waals surface area contributed by atoms with E-state index in [2.05, 4.69) is 10.5 Å². The van der Waals surface area contributed by atoms with Crippen molar-refractivity contribution in [1.82, 2.24) is 10.5 Å². The summed E-state index contributed by atoms with van der Waals surface area (Å²) in [7, 11) is 1.42. The molecule has 8 nitrogen and oxygen atoms in total. The van der Waals surface area contributed by atoms with E-state index in [4.69, 9.17) is 20.1 Å². The van der Waals surface area contributed by atoms with Crippen LogP contribution in [0, 0.1) is 0 Å². The van der Waals surface area contributed by atoms with Gasteiger partial charge in [0.05, 0.1) is 13.2 Å². The lowest BCUT2D eigenvalue weighted by molar-refractivity contribution is -0.158. The van der Waals surface area contributed by atoms with Crippen LogP contribution in [0.25, 0.3) is 22.5 Å². The van der Waals surface area contributed by atoms with Crippen molar-refractivity contribution in [2.45, 2.75) is 25.7 Å². The van der Waals surface area contributed by atoms with E-state index in [-0.39, 0.29) is 13.2 Å². The SMILES string of the molecule is CNC(=O)C(C)(OCc1ccc(-c2ccc(-c3cc(CO)no3)cc2)cc1)C(N)=O. The van der Waals surface area contributed by atoms with Gasteiger partial charge in [-0.2, -0.15) is 0 Å². The number of hydrogen-bond donors (Lipinski definition) is 3. The number of aliphatic hydroxyl groups excluding tert-OH is 1. The second-order valence-corrected chi connectivity index (χ2v) is 6.88. The number of carbonyl (C=O) groups is 2. The lowest BCUT2D eigenvalue weighted by Crippen LogP contribution is -2.54. The van der Waals surface area contributed by atoms with Gasteiger partial charge in [-0.1, -0.05) is 53.7 Å². The number of nitrogens with zero attached hydrogens (tertiary/aromatic N) is 1. The Morgan fingerprint density at radius 1 is 1.10 bits per heavy atom. The Labute approximate surface area is 173 Å². The van der Waals surface area contributed by atoms with E-state index in [1.54, 1.807) is 6.07 Å². The Hall–Kier alpha value is -3.49. The molecule has 0 aliphatic rings. The third kappa shape index (κ3) is 4.40. The Kier molecular flexibility index (Phi) is 6.29. The van der Waals surface area contributed by atoms with Gasteiger partial charge < -0.3 is 25.4 Å². The summed E-state index contributed by atoms with van der Waals surface area (Å²) < 4.78 is 10.7. The van der Waals surface area contributed by atoms with Gasteiger partial charge in [-0.05, 0) is 23.6 Å². The van der Waals surface area contributed by atoms with Crippen molar-refractivity contribution in [2.24, 2.45) is 5.73 Å². The normalized spacial score (nSPS) is 12.9. The molecule has 1 unspecified atom stereocenters.